The van der Waals surface area contributed by atoms with Gasteiger partial charge >= 0.3 is 0 Å². The summed E-state index contributed by atoms with van der Waals surface area (Å²) in [7, 11) is 0. The normalized spacial score (nSPS) is 11.8. The molecule has 0 bridgehead atoms. The molecule has 3 aromatic carbocycles. The molecule has 158 valence electrons. The molecule has 0 unspecified atom stereocenters. The van der Waals surface area contributed by atoms with Gasteiger partial charge in [0.1, 0.15) is 18.1 Å². The first-order valence-electron chi connectivity index (χ1n) is 9.56. The number of ether oxygens (including phenoxy) is 2. The van der Waals surface area contributed by atoms with Crippen LogP contribution in [-0.4, -0.2) is 24.8 Å². The number of nitrogens with one attached hydrogen (secondary N) is 1. The van der Waals surface area contributed by atoms with Crippen molar-refractivity contribution in [2.75, 3.05) is 6.61 Å². The fourth-order valence-corrected chi connectivity index (χ4v) is 3.85. The summed E-state index contributed by atoms with van der Waals surface area (Å²) in [6.45, 7) is 2.02. The van der Waals surface area contributed by atoms with Crippen molar-refractivity contribution in [2.45, 2.75) is 19.4 Å². The van der Waals surface area contributed by atoms with Crippen LogP contribution in [0, 0.1) is 12.3 Å². The van der Waals surface area contributed by atoms with Crippen LogP contribution in [0.15, 0.2) is 68.6 Å². The molecule has 0 spiro atoms. The number of nitrogens with zero attached hydrogens (tertiary/aromatic N) is 1. The largest absolute Gasteiger partial charge is 0.480 e. The Kier molecular flexibility index (Phi) is 8.10. The second-order valence-corrected chi connectivity index (χ2v) is 8.23. The van der Waals surface area contributed by atoms with Gasteiger partial charge in [-0.15, -0.1) is 6.42 Å². The van der Waals surface area contributed by atoms with E-state index in [4.69, 9.17) is 15.9 Å². The Balaban J connectivity index is 1.70. The first-order chi connectivity index (χ1) is 15.0. The molecule has 0 saturated carbocycles. The minimum absolute atomic E-state index is 0.140. The number of fused-ring (bicyclic) bond motifs is 1. The molecule has 31 heavy (non-hydrogen) atoms. The average molecular weight is 544 g/mol. The summed E-state index contributed by atoms with van der Waals surface area (Å²) in [6, 6.07) is 17.2. The van der Waals surface area contributed by atoms with Gasteiger partial charge in [0.2, 0.25) is 0 Å². The second kappa shape index (κ2) is 11.0. The van der Waals surface area contributed by atoms with Crippen molar-refractivity contribution >= 4 is 54.8 Å². The van der Waals surface area contributed by atoms with E-state index < -0.39 is 6.10 Å². The maximum absolute atomic E-state index is 12.6. The van der Waals surface area contributed by atoms with Gasteiger partial charge in [-0.1, -0.05) is 59.1 Å². The van der Waals surface area contributed by atoms with E-state index in [2.05, 4.69) is 48.3 Å². The zero-order chi connectivity index (χ0) is 22.2. The Labute approximate surface area is 198 Å². The highest BCUT2D eigenvalue weighted by molar-refractivity contribution is 9.11. The lowest BCUT2D eigenvalue weighted by molar-refractivity contribution is -0.128. The molecule has 1 N–H and O–H groups in total. The standard InChI is InChI=1S/C24H20Br2N2O3/c1-3-13-30-21-12-10-18(25)14-17(21)15-27-28-24(29)20(4-2)31-22-11-9-16-7-5-6-8-19(16)23(22)26/h1,5-12,14-15,20H,4,13H2,2H3,(H,28,29)/b27-15-/t20-/m1/s1. The highest BCUT2D eigenvalue weighted by Crippen LogP contribution is 2.33. The Morgan fingerprint density at radius 1 is 1.19 bits per heavy atom. The van der Waals surface area contributed by atoms with E-state index in [0.29, 0.717) is 23.5 Å². The van der Waals surface area contributed by atoms with Gasteiger partial charge in [0.25, 0.3) is 5.91 Å². The summed E-state index contributed by atoms with van der Waals surface area (Å²) < 4.78 is 13.1. The second-order valence-electron chi connectivity index (χ2n) is 6.52. The van der Waals surface area contributed by atoms with Crippen LogP contribution < -0.4 is 14.9 Å². The van der Waals surface area contributed by atoms with Gasteiger partial charge in [-0.05, 0) is 57.4 Å². The molecule has 0 aliphatic carbocycles. The molecule has 5 nitrogen and oxygen atoms in total. The Morgan fingerprint density at radius 2 is 1.97 bits per heavy atom. The van der Waals surface area contributed by atoms with Gasteiger partial charge < -0.3 is 9.47 Å². The third kappa shape index (κ3) is 5.87. The summed E-state index contributed by atoms with van der Waals surface area (Å²) >= 11 is 7.00. The van der Waals surface area contributed by atoms with Crippen LogP contribution in [0.1, 0.15) is 18.9 Å². The number of hydrazone groups is 1. The number of halogens is 2. The molecular weight excluding hydrogens is 524 g/mol. The molecule has 3 aromatic rings. The van der Waals surface area contributed by atoms with Crippen molar-refractivity contribution in [1.82, 2.24) is 5.43 Å². The maximum atomic E-state index is 12.6. The van der Waals surface area contributed by atoms with Crippen LogP contribution >= 0.6 is 31.9 Å². The molecule has 0 heterocycles. The molecular formula is C24H20Br2N2O3. The van der Waals surface area contributed by atoms with E-state index >= 15 is 0 Å². The third-order valence-electron chi connectivity index (χ3n) is 4.42. The summed E-state index contributed by atoms with van der Waals surface area (Å²) in [4.78, 5) is 12.6. The molecule has 0 fully saturated rings. The molecule has 0 aliphatic heterocycles. The lowest BCUT2D eigenvalue weighted by atomic mass is 10.1. The first-order valence-corrected chi connectivity index (χ1v) is 11.1. The smallest absolute Gasteiger partial charge is 0.281 e. The highest BCUT2D eigenvalue weighted by Gasteiger charge is 2.20. The van der Waals surface area contributed by atoms with Crippen LogP contribution in [0.25, 0.3) is 10.8 Å². The van der Waals surface area contributed by atoms with E-state index in [1.165, 1.54) is 6.21 Å². The van der Waals surface area contributed by atoms with Crippen LogP contribution in [0.5, 0.6) is 11.5 Å². The zero-order valence-corrected chi connectivity index (χ0v) is 19.9. The predicted octanol–water partition coefficient (Wildman–Crippen LogP) is 5.68. The van der Waals surface area contributed by atoms with Gasteiger partial charge in [0.05, 0.1) is 10.7 Å². The number of amides is 1. The van der Waals surface area contributed by atoms with E-state index in [-0.39, 0.29) is 12.5 Å². The van der Waals surface area contributed by atoms with Crippen LogP contribution in [0.2, 0.25) is 0 Å². The van der Waals surface area contributed by atoms with Crippen molar-refractivity contribution < 1.29 is 14.3 Å². The van der Waals surface area contributed by atoms with Crippen molar-refractivity contribution in [3.8, 4) is 23.8 Å². The van der Waals surface area contributed by atoms with Crippen molar-refractivity contribution in [1.29, 1.82) is 0 Å². The lowest BCUT2D eigenvalue weighted by Crippen LogP contribution is -2.35. The van der Waals surface area contributed by atoms with Gasteiger partial charge in [-0.3, -0.25) is 4.79 Å². The van der Waals surface area contributed by atoms with Crippen LogP contribution in [-0.2, 0) is 4.79 Å². The Morgan fingerprint density at radius 3 is 2.74 bits per heavy atom. The number of rotatable bonds is 8. The third-order valence-corrected chi connectivity index (χ3v) is 5.73. The fourth-order valence-electron chi connectivity index (χ4n) is 2.89. The van der Waals surface area contributed by atoms with Crippen molar-refractivity contribution in [3.05, 3.63) is 69.1 Å². The zero-order valence-electron chi connectivity index (χ0n) is 16.8. The number of hydrogen-bond donors (Lipinski definition) is 1. The van der Waals surface area contributed by atoms with E-state index in [0.717, 1.165) is 19.7 Å². The molecule has 1 atom stereocenters. The molecule has 1 amide bonds. The monoisotopic (exact) mass is 542 g/mol. The Bertz CT molecular complexity index is 1160. The van der Waals surface area contributed by atoms with Gasteiger partial charge in [-0.2, -0.15) is 5.10 Å². The van der Waals surface area contributed by atoms with Crippen LogP contribution in [0.4, 0.5) is 0 Å². The topological polar surface area (TPSA) is 59.9 Å². The van der Waals surface area contributed by atoms with E-state index in [1.54, 1.807) is 6.07 Å². The molecule has 0 saturated heterocycles. The predicted molar refractivity (Wildman–Crippen MR) is 131 cm³/mol. The molecule has 0 radical (unpaired) electrons. The number of carbonyl (C=O) groups is 1. The molecule has 3 rings (SSSR count). The molecule has 0 aromatic heterocycles. The van der Waals surface area contributed by atoms with Gasteiger partial charge in [0.15, 0.2) is 6.10 Å². The first kappa shape index (κ1) is 22.9. The SMILES string of the molecule is C#CCOc1ccc(Br)cc1/C=N\NC(=O)[C@@H](CC)Oc1ccc2ccccc2c1Br. The average Bonchev–Trinajstić information content (AvgIpc) is 2.78. The van der Waals surface area contributed by atoms with E-state index in [1.807, 2.05) is 55.5 Å². The van der Waals surface area contributed by atoms with Crippen LogP contribution in [0.3, 0.4) is 0 Å². The number of hydrogen-bond acceptors (Lipinski definition) is 4. The highest BCUT2D eigenvalue weighted by atomic mass is 79.9. The maximum Gasteiger partial charge on any atom is 0.281 e. The summed E-state index contributed by atoms with van der Waals surface area (Å²) in [5, 5.41) is 6.17. The number of benzene rings is 3. The van der Waals surface area contributed by atoms with Crippen molar-refractivity contribution in [3.63, 3.8) is 0 Å². The van der Waals surface area contributed by atoms with Gasteiger partial charge in [-0.25, -0.2) is 5.43 Å². The summed E-state index contributed by atoms with van der Waals surface area (Å²) in [5.74, 6) is 3.25. The lowest BCUT2D eigenvalue weighted by Gasteiger charge is -2.17. The summed E-state index contributed by atoms with van der Waals surface area (Å²) in [6.07, 6.45) is 6.54. The number of terminal acetylenes is 1. The van der Waals surface area contributed by atoms with Crippen molar-refractivity contribution in [2.24, 2.45) is 5.10 Å². The fraction of sp³-hybridized carbons (Fsp3) is 0.167. The molecule has 7 heteroatoms. The number of carbonyl (C=O) groups excluding carboxylic acids is 1. The van der Waals surface area contributed by atoms with Gasteiger partial charge in [0, 0.05) is 10.0 Å². The quantitative estimate of drug-likeness (QED) is 0.226. The minimum Gasteiger partial charge on any atom is -0.480 e. The van der Waals surface area contributed by atoms with E-state index in [9.17, 15) is 4.79 Å². The minimum atomic E-state index is -0.700. The summed E-state index contributed by atoms with van der Waals surface area (Å²) in [5.41, 5.74) is 3.22. The Hall–Kier alpha value is -2.82. The molecule has 0 aliphatic rings.